The number of hydrogen-bond acceptors (Lipinski definition) is 5. The van der Waals surface area contributed by atoms with Gasteiger partial charge in [-0.3, -0.25) is 0 Å². The van der Waals surface area contributed by atoms with Crippen LogP contribution in [0, 0.1) is 18.3 Å². The summed E-state index contributed by atoms with van der Waals surface area (Å²) < 4.78 is 0.850. The zero-order valence-corrected chi connectivity index (χ0v) is 11.2. The molecule has 0 amide bonds. The third-order valence-electron chi connectivity index (χ3n) is 2.48. The predicted octanol–water partition coefficient (Wildman–Crippen LogP) is 2.75. The van der Waals surface area contributed by atoms with Gasteiger partial charge in [-0.1, -0.05) is 15.9 Å². The normalized spacial score (nSPS) is 9.83. The van der Waals surface area contributed by atoms with Crippen LogP contribution in [0.1, 0.15) is 11.1 Å². The Morgan fingerprint density at radius 3 is 2.89 bits per heavy atom. The summed E-state index contributed by atoms with van der Waals surface area (Å²) in [6.07, 6.45) is 1.38. The van der Waals surface area contributed by atoms with Crippen LogP contribution < -0.4 is 11.1 Å². The molecule has 3 N–H and O–H groups in total. The molecule has 1 aromatic carbocycles. The van der Waals surface area contributed by atoms with Crippen molar-refractivity contribution in [2.24, 2.45) is 0 Å². The minimum atomic E-state index is 0.420. The minimum absolute atomic E-state index is 0.420. The van der Waals surface area contributed by atoms with E-state index in [4.69, 9.17) is 11.0 Å². The Kier molecular flexibility index (Phi) is 3.44. The largest absolute Gasteiger partial charge is 0.383 e. The van der Waals surface area contributed by atoms with Gasteiger partial charge in [0.25, 0.3) is 0 Å². The topological polar surface area (TPSA) is 87.6 Å². The first kappa shape index (κ1) is 12.3. The molecule has 0 fully saturated rings. The summed E-state index contributed by atoms with van der Waals surface area (Å²) in [6, 6.07) is 7.52. The fourth-order valence-electron chi connectivity index (χ4n) is 1.44. The first-order chi connectivity index (χ1) is 8.61. The quantitative estimate of drug-likeness (QED) is 0.890. The molecule has 0 aliphatic rings. The Morgan fingerprint density at radius 2 is 2.17 bits per heavy atom. The van der Waals surface area contributed by atoms with Gasteiger partial charge in [-0.2, -0.15) is 5.26 Å². The Balaban J connectivity index is 2.41. The summed E-state index contributed by atoms with van der Waals surface area (Å²) in [4.78, 5) is 8.00. The maximum atomic E-state index is 9.08. The van der Waals surface area contributed by atoms with Crippen LogP contribution in [0.5, 0.6) is 0 Å². The van der Waals surface area contributed by atoms with Gasteiger partial charge in [0.2, 0.25) is 0 Å². The van der Waals surface area contributed by atoms with Crippen molar-refractivity contribution in [1.29, 1.82) is 5.26 Å². The van der Waals surface area contributed by atoms with Crippen molar-refractivity contribution in [2.75, 3.05) is 11.1 Å². The van der Waals surface area contributed by atoms with E-state index in [1.807, 2.05) is 13.0 Å². The molecule has 0 saturated carbocycles. The van der Waals surface area contributed by atoms with Crippen LogP contribution in [0.25, 0.3) is 0 Å². The SMILES string of the molecule is Cc1c(N)ncnc1Nc1ccc(Br)cc1C#N. The highest BCUT2D eigenvalue weighted by atomic mass is 79.9. The van der Waals surface area contributed by atoms with Gasteiger partial charge in [-0.15, -0.1) is 0 Å². The summed E-state index contributed by atoms with van der Waals surface area (Å²) in [5.41, 5.74) is 7.67. The van der Waals surface area contributed by atoms with Crippen LogP contribution in [-0.4, -0.2) is 9.97 Å². The first-order valence-electron chi connectivity index (χ1n) is 5.15. The van der Waals surface area contributed by atoms with Crippen molar-refractivity contribution in [3.63, 3.8) is 0 Å². The van der Waals surface area contributed by atoms with Gasteiger partial charge >= 0.3 is 0 Å². The van der Waals surface area contributed by atoms with Crippen LogP contribution in [0.15, 0.2) is 29.0 Å². The third-order valence-corrected chi connectivity index (χ3v) is 2.97. The molecule has 0 spiro atoms. The van der Waals surface area contributed by atoms with Crippen LogP contribution in [0.2, 0.25) is 0 Å². The number of aromatic nitrogens is 2. The number of nitrogens with zero attached hydrogens (tertiary/aromatic N) is 3. The smallest absolute Gasteiger partial charge is 0.138 e. The Labute approximate surface area is 113 Å². The molecular weight excluding hydrogens is 294 g/mol. The lowest BCUT2D eigenvalue weighted by Gasteiger charge is -2.10. The van der Waals surface area contributed by atoms with Gasteiger partial charge < -0.3 is 11.1 Å². The third kappa shape index (κ3) is 2.41. The molecule has 5 nitrogen and oxygen atoms in total. The fraction of sp³-hybridized carbons (Fsp3) is 0.0833. The van der Waals surface area contributed by atoms with Crippen molar-refractivity contribution in [1.82, 2.24) is 9.97 Å². The summed E-state index contributed by atoms with van der Waals surface area (Å²) in [5.74, 6) is 1.02. The van der Waals surface area contributed by atoms with Gasteiger partial charge in [0.1, 0.15) is 24.0 Å². The maximum Gasteiger partial charge on any atom is 0.138 e. The number of hydrogen-bond donors (Lipinski definition) is 2. The molecular formula is C12H10BrN5. The average Bonchev–Trinajstić information content (AvgIpc) is 2.37. The zero-order valence-electron chi connectivity index (χ0n) is 9.61. The van der Waals surface area contributed by atoms with E-state index < -0.39 is 0 Å². The number of nitriles is 1. The van der Waals surface area contributed by atoms with Crippen molar-refractivity contribution in [2.45, 2.75) is 6.92 Å². The molecule has 0 saturated heterocycles. The standard InChI is InChI=1S/C12H10BrN5/c1-7-11(15)16-6-17-12(7)18-10-3-2-9(13)4-8(10)5-14/h2-4,6H,1H3,(H3,15,16,17,18). The number of benzene rings is 1. The molecule has 0 atom stereocenters. The summed E-state index contributed by atoms with van der Waals surface area (Å²) in [6.45, 7) is 1.82. The number of nitrogen functional groups attached to an aromatic ring is 1. The first-order valence-corrected chi connectivity index (χ1v) is 5.95. The van der Waals surface area contributed by atoms with Crippen LogP contribution in [0.4, 0.5) is 17.3 Å². The number of nitrogens with two attached hydrogens (primary N) is 1. The second kappa shape index (κ2) is 5.02. The second-order valence-electron chi connectivity index (χ2n) is 3.66. The fourth-order valence-corrected chi connectivity index (χ4v) is 1.80. The predicted molar refractivity (Wildman–Crippen MR) is 73.3 cm³/mol. The number of rotatable bonds is 2. The highest BCUT2D eigenvalue weighted by Gasteiger charge is 2.07. The highest BCUT2D eigenvalue weighted by Crippen LogP contribution is 2.25. The van der Waals surface area contributed by atoms with Gasteiger partial charge in [0.15, 0.2) is 0 Å². The molecule has 1 aromatic heterocycles. The molecule has 0 aliphatic heterocycles. The van der Waals surface area contributed by atoms with E-state index in [1.54, 1.807) is 12.1 Å². The Hall–Kier alpha value is -2.13. The monoisotopic (exact) mass is 303 g/mol. The van der Waals surface area contributed by atoms with E-state index in [-0.39, 0.29) is 0 Å². The summed E-state index contributed by atoms with van der Waals surface area (Å²) >= 11 is 3.32. The second-order valence-corrected chi connectivity index (χ2v) is 4.57. The van der Waals surface area contributed by atoms with E-state index in [1.165, 1.54) is 6.33 Å². The number of anilines is 3. The minimum Gasteiger partial charge on any atom is -0.383 e. The van der Waals surface area contributed by atoms with Gasteiger partial charge in [0, 0.05) is 10.0 Å². The number of halogens is 1. The molecule has 6 heteroatoms. The summed E-state index contributed by atoms with van der Waals surface area (Å²) in [7, 11) is 0. The molecule has 0 aliphatic carbocycles. The number of nitrogens with one attached hydrogen (secondary N) is 1. The lowest BCUT2D eigenvalue weighted by molar-refractivity contribution is 1.14. The average molecular weight is 304 g/mol. The summed E-state index contributed by atoms with van der Waals surface area (Å²) in [5, 5.41) is 12.2. The van der Waals surface area contributed by atoms with Crippen LogP contribution in [-0.2, 0) is 0 Å². The zero-order chi connectivity index (χ0) is 13.1. The molecule has 2 aromatic rings. The Morgan fingerprint density at radius 1 is 1.39 bits per heavy atom. The van der Waals surface area contributed by atoms with Crippen molar-refractivity contribution >= 4 is 33.3 Å². The van der Waals surface area contributed by atoms with Crippen molar-refractivity contribution in [3.8, 4) is 6.07 Å². The lowest BCUT2D eigenvalue weighted by atomic mass is 10.2. The lowest BCUT2D eigenvalue weighted by Crippen LogP contribution is -2.03. The van der Waals surface area contributed by atoms with E-state index >= 15 is 0 Å². The van der Waals surface area contributed by atoms with Gasteiger partial charge in [-0.05, 0) is 25.1 Å². The van der Waals surface area contributed by atoms with E-state index in [0.29, 0.717) is 22.9 Å². The van der Waals surface area contributed by atoms with Crippen molar-refractivity contribution < 1.29 is 0 Å². The highest BCUT2D eigenvalue weighted by molar-refractivity contribution is 9.10. The molecule has 2 rings (SSSR count). The molecule has 0 unspecified atom stereocenters. The molecule has 18 heavy (non-hydrogen) atoms. The van der Waals surface area contributed by atoms with E-state index in [2.05, 4.69) is 37.3 Å². The van der Waals surface area contributed by atoms with E-state index in [9.17, 15) is 0 Å². The maximum absolute atomic E-state index is 9.08. The van der Waals surface area contributed by atoms with Crippen molar-refractivity contribution in [3.05, 3.63) is 40.1 Å². The van der Waals surface area contributed by atoms with Gasteiger partial charge in [-0.25, -0.2) is 9.97 Å². The molecule has 0 bridgehead atoms. The molecule has 0 radical (unpaired) electrons. The molecule has 90 valence electrons. The van der Waals surface area contributed by atoms with Gasteiger partial charge in [0.05, 0.1) is 11.3 Å². The Bertz CT molecular complexity index is 633. The van der Waals surface area contributed by atoms with Crippen LogP contribution in [0.3, 0.4) is 0 Å². The molecule has 1 heterocycles. The van der Waals surface area contributed by atoms with Crippen LogP contribution >= 0.6 is 15.9 Å². The van der Waals surface area contributed by atoms with E-state index in [0.717, 1.165) is 10.0 Å².